The highest BCUT2D eigenvalue weighted by Gasteiger charge is 2.32. The summed E-state index contributed by atoms with van der Waals surface area (Å²) in [7, 11) is -2.34. The lowest BCUT2D eigenvalue weighted by Gasteiger charge is -2.31. The van der Waals surface area contributed by atoms with Gasteiger partial charge in [-0.3, -0.25) is 9.59 Å². The van der Waals surface area contributed by atoms with Crippen LogP contribution in [0.25, 0.3) is 10.9 Å². The molecular weight excluding hydrogens is 580 g/mol. The number of H-pyrrole nitrogens is 1. The fourth-order valence-corrected chi connectivity index (χ4v) is 6.77. The number of fused-ring (bicyclic) bond motifs is 1. The number of nitrogens with one attached hydrogen (secondary N) is 3. The van der Waals surface area contributed by atoms with Gasteiger partial charge in [0.25, 0.3) is 0 Å². The van der Waals surface area contributed by atoms with Crippen LogP contribution in [0.15, 0.2) is 59.6 Å². The molecule has 1 heterocycles. The van der Waals surface area contributed by atoms with E-state index in [1.807, 2.05) is 44.3 Å². The Morgan fingerprint density at radius 3 is 2.34 bits per heavy atom. The van der Waals surface area contributed by atoms with Crippen LogP contribution in [0.1, 0.15) is 59.4 Å². The number of rotatable bonds is 16. The lowest BCUT2D eigenvalue weighted by atomic mass is 9.94. The number of benzene rings is 2. The van der Waals surface area contributed by atoms with Crippen molar-refractivity contribution in [3.8, 4) is 5.75 Å². The number of carbonyl (C=O) groups is 2. The Morgan fingerprint density at radius 1 is 1.05 bits per heavy atom. The molecule has 3 rings (SSSR count). The molecule has 0 aliphatic rings. The molecule has 10 nitrogen and oxygen atoms in total. The van der Waals surface area contributed by atoms with Crippen LogP contribution in [0.3, 0.4) is 0 Å². The number of sulfonamides is 1. The van der Waals surface area contributed by atoms with Crippen molar-refractivity contribution in [1.29, 1.82) is 0 Å². The number of hydrogen-bond donors (Lipinski definition) is 4. The van der Waals surface area contributed by atoms with Gasteiger partial charge in [0, 0.05) is 48.1 Å². The fourth-order valence-electron chi connectivity index (χ4n) is 4.96. The van der Waals surface area contributed by atoms with Crippen LogP contribution in [-0.4, -0.2) is 73.5 Å². The average molecular weight is 629 g/mol. The van der Waals surface area contributed by atoms with Crippen LogP contribution >= 0.6 is 0 Å². The quantitative estimate of drug-likeness (QED) is 0.175. The molecule has 0 saturated heterocycles. The van der Waals surface area contributed by atoms with E-state index in [9.17, 15) is 23.1 Å². The van der Waals surface area contributed by atoms with Gasteiger partial charge in [0.1, 0.15) is 11.8 Å². The predicted molar refractivity (Wildman–Crippen MR) is 173 cm³/mol. The van der Waals surface area contributed by atoms with Crippen LogP contribution in [0.2, 0.25) is 0 Å². The van der Waals surface area contributed by atoms with E-state index >= 15 is 0 Å². The van der Waals surface area contributed by atoms with Crippen LogP contribution in [-0.2, 0) is 26.0 Å². The van der Waals surface area contributed by atoms with Crippen molar-refractivity contribution in [3.05, 3.63) is 60.3 Å². The van der Waals surface area contributed by atoms with Gasteiger partial charge in [0.15, 0.2) is 0 Å². The summed E-state index contributed by atoms with van der Waals surface area (Å²) in [5.74, 6) is 0.109. The normalized spacial score (nSPS) is 13.7. The molecule has 1 aromatic heterocycles. The number of aliphatic hydroxyl groups is 1. The van der Waals surface area contributed by atoms with Gasteiger partial charge in [-0.2, -0.15) is 4.31 Å². The summed E-state index contributed by atoms with van der Waals surface area (Å²) >= 11 is 0. The lowest BCUT2D eigenvalue weighted by Crippen LogP contribution is -2.51. The monoisotopic (exact) mass is 628 g/mol. The highest BCUT2D eigenvalue weighted by molar-refractivity contribution is 7.89. The number of aliphatic hydroxyl groups excluding tert-OH is 1. The second-order valence-electron chi connectivity index (χ2n) is 12.6. The second kappa shape index (κ2) is 15.5. The summed E-state index contributed by atoms with van der Waals surface area (Å²) in [6.45, 7) is 9.58. The number of methoxy groups -OCH3 is 1. The number of amides is 2. The molecule has 2 atom stereocenters. The van der Waals surface area contributed by atoms with Crippen molar-refractivity contribution in [2.24, 2.45) is 11.3 Å². The van der Waals surface area contributed by atoms with E-state index in [1.54, 1.807) is 32.9 Å². The Morgan fingerprint density at radius 2 is 1.73 bits per heavy atom. The van der Waals surface area contributed by atoms with Gasteiger partial charge in [0.05, 0.1) is 18.6 Å². The Balaban J connectivity index is 1.63. The molecule has 0 fully saturated rings. The molecule has 0 aliphatic carbocycles. The minimum atomic E-state index is -3.86. The standard InChI is InChI=1S/C33H48N4O6S/c1-23(2)21-37(44(41,42)27-16-14-26(43-6)15-17-27)25(22-38)11-9-10-18-34-31(39)30(36-32(40)33(3,4)5)19-24-20-35-29-13-8-7-12-28(24)29/h7-8,12-17,20,23,25,30,35,38H,9-11,18-19,21-22H2,1-6H3,(H,34,39)(H,36,40)/t25-,30-/m0/s1. The Hall–Kier alpha value is -3.41. The van der Waals surface area contributed by atoms with Crippen molar-refractivity contribution >= 4 is 32.7 Å². The molecule has 2 aromatic carbocycles. The largest absolute Gasteiger partial charge is 0.497 e. The molecular formula is C33H48N4O6S. The highest BCUT2D eigenvalue weighted by Crippen LogP contribution is 2.25. The summed E-state index contributed by atoms with van der Waals surface area (Å²) in [4.78, 5) is 29.5. The number of carbonyl (C=O) groups excluding carboxylic acids is 2. The zero-order chi connectivity index (χ0) is 32.5. The first-order valence-corrected chi connectivity index (χ1v) is 16.6. The van der Waals surface area contributed by atoms with E-state index in [0.29, 0.717) is 38.0 Å². The van der Waals surface area contributed by atoms with Crippen LogP contribution in [0.5, 0.6) is 5.75 Å². The number of aromatic nitrogens is 1. The van der Waals surface area contributed by atoms with Gasteiger partial charge >= 0.3 is 0 Å². The first-order valence-electron chi connectivity index (χ1n) is 15.2. The summed E-state index contributed by atoms with van der Waals surface area (Å²) in [6, 6.07) is 12.7. The molecule has 0 aliphatic heterocycles. The van der Waals surface area contributed by atoms with E-state index in [4.69, 9.17) is 4.74 Å². The lowest BCUT2D eigenvalue weighted by molar-refractivity contribution is -0.133. The second-order valence-corrected chi connectivity index (χ2v) is 14.5. The average Bonchev–Trinajstić information content (AvgIpc) is 3.39. The Labute approximate surface area is 261 Å². The number of aromatic amines is 1. The first-order chi connectivity index (χ1) is 20.8. The number of nitrogens with zero attached hydrogens (tertiary/aromatic N) is 1. The minimum absolute atomic E-state index is 0.0498. The first kappa shape index (κ1) is 35.1. The molecule has 4 N–H and O–H groups in total. The predicted octanol–water partition coefficient (Wildman–Crippen LogP) is 4.24. The van der Waals surface area contributed by atoms with Gasteiger partial charge in [-0.15, -0.1) is 0 Å². The molecule has 2 amide bonds. The summed E-state index contributed by atoms with van der Waals surface area (Å²) in [5.41, 5.74) is 1.23. The molecule has 0 saturated carbocycles. The van der Waals surface area contributed by atoms with Gasteiger partial charge in [-0.1, -0.05) is 59.2 Å². The maximum atomic E-state index is 13.6. The molecule has 0 bridgehead atoms. The maximum absolute atomic E-state index is 13.6. The molecule has 3 aromatic rings. The van der Waals surface area contributed by atoms with E-state index < -0.39 is 27.5 Å². The maximum Gasteiger partial charge on any atom is 0.243 e. The third-order valence-electron chi connectivity index (χ3n) is 7.49. The topological polar surface area (TPSA) is 141 Å². The van der Waals surface area contributed by atoms with Crippen molar-refractivity contribution in [3.63, 3.8) is 0 Å². The molecule has 0 unspecified atom stereocenters. The van der Waals surface area contributed by atoms with E-state index in [-0.39, 0.29) is 35.8 Å². The van der Waals surface area contributed by atoms with E-state index in [0.717, 1.165) is 16.5 Å². The molecule has 44 heavy (non-hydrogen) atoms. The number of unbranched alkanes of at least 4 members (excludes halogenated alkanes) is 1. The summed E-state index contributed by atoms with van der Waals surface area (Å²) < 4.78 is 33.7. The van der Waals surface area contributed by atoms with Crippen molar-refractivity contribution in [2.45, 2.75) is 77.3 Å². The zero-order valence-corrected chi connectivity index (χ0v) is 27.5. The number of ether oxygens (including phenoxy) is 1. The Bertz CT molecular complexity index is 1480. The minimum Gasteiger partial charge on any atom is -0.497 e. The van der Waals surface area contributed by atoms with Gasteiger partial charge in [-0.05, 0) is 54.7 Å². The molecule has 0 radical (unpaired) electrons. The molecule has 0 spiro atoms. The summed E-state index contributed by atoms with van der Waals surface area (Å²) in [5, 5.41) is 17.1. The zero-order valence-electron chi connectivity index (χ0n) is 26.7. The van der Waals surface area contributed by atoms with E-state index in [1.165, 1.54) is 23.5 Å². The van der Waals surface area contributed by atoms with Gasteiger partial charge in [0.2, 0.25) is 21.8 Å². The van der Waals surface area contributed by atoms with E-state index in [2.05, 4.69) is 15.6 Å². The van der Waals surface area contributed by atoms with Gasteiger partial charge < -0.3 is 25.5 Å². The highest BCUT2D eigenvalue weighted by atomic mass is 32.2. The SMILES string of the molecule is COc1ccc(S(=O)(=O)N(CC(C)C)[C@H](CO)CCCCNC(=O)[C@H](Cc2c[nH]c3ccccc23)NC(=O)C(C)(C)C)cc1. The van der Waals surface area contributed by atoms with Crippen molar-refractivity contribution in [2.75, 3.05) is 26.8 Å². The van der Waals surface area contributed by atoms with Crippen LogP contribution < -0.4 is 15.4 Å². The molecule has 242 valence electrons. The third-order valence-corrected chi connectivity index (χ3v) is 9.43. The molecule has 11 heteroatoms. The third kappa shape index (κ3) is 9.30. The van der Waals surface area contributed by atoms with Crippen molar-refractivity contribution < 1.29 is 27.9 Å². The van der Waals surface area contributed by atoms with Gasteiger partial charge in [-0.25, -0.2) is 8.42 Å². The van der Waals surface area contributed by atoms with Crippen LogP contribution in [0.4, 0.5) is 0 Å². The number of hydrogen-bond acceptors (Lipinski definition) is 6. The Kier molecular flexibility index (Phi) is 12.4. The summed E-state index contributed by atoms with van der Waals surface area (Å²) in [6.07, 6.45) is 3.78. The smallest absolute Gasteiger partial charge is 0.243 e. The van der Waals surface area contributed by atoms with Crippen LogP contribution in [0, 0.1) is 11.3 Å². The fraction of sp³-hybridized carbons (Fsp3) is 0.515. The number of para-hydroxylation sites is 1. The van der Waals surface area contributed by atoms with Crippen molar-refractivity contribution in [1.82, 2.24) is 19.9 Å².